The van der Waals surface area contributed by atoms with E-state index in [2.05, 4.69) is 4.98 Å². The minimum absolute atomic E-state index is 0.0134. The van der Waals surface area contributed by atoms with Crippen LogP contribution in [0.2, 0.25) is 0 Å². The molecule has 0 saturated carbocycles. The molecule has 1 aliphatic heterocycles. The molecule has 0 aromatic carbocycles. The summed E-state index contributed by atoms with van der Waals surface area (Å²) in [5.41, 5.74) is 1.56. The summed E-state index contributed by atoms with van der Waals surface area (Å²) in [4.78, 5) is 32.1. The lowest BCUT2D eigenvalue weighted by Crippen LogP contribution is -2.34. The Balaban J connectivity index is 2.11. The van der Waals surface area contributed by atoms with Crippen LogP contribution in [-0.2, 0) is 14.3 Å². The van der Waals surface area contributed by atoms with Crippen molar-refractivity contribution < 1.29 is 19.4 Å². The molecule has 1 saturated heterocycles. The van der Waals surface area contributed by atoms with Gasteiger partial charge in [-0.3, -0.25) is 14.0 Å². The molecule has 2 aromatic rings. The number of hydrogen-bond donors (Lipinski definition) is 1. The maximum Gasteiger partial charge on any atom is 0.309 e. The van der Waals surface area contributed by atoms with Gasteiger partial charge in [-0.2, -0.15) is 0 Å². The molecule has 7 nitrogen and oxygen atoms in total. The Morgan fingerprint density at radius 1 is 1.52 bits per heavy atom. The lowest BCUT2D eigenvalue weighted by atomic mass is 9.96. The monoisotopic (exact) mass is 337 g/mol. The number of amides is 1. The van der Waals surface area contributed by atoms with Gasteiger partial charge in [-0.25, -0.2) is 4.98 Å². The largest absolute Gasteiger partial charge is 0.481 e. The number of nitrogens with zero attached hydrogens (tertiary/aromatic N) is 3. The molecule has 1 amide bonds. The van der Waals surface area contributed by atoms with Gasteiger partial charge in [-0.05, 0) is 13.8 Å². The number of carboxylic acid groups (broad SMARTS) is 1. The number of ether oxygens (including phenoxy) is 1. The van der Waals surface area contributed by atoms with E-state index in [1.807, 2.05) is 24.4 Å². The van der Waals surface area contributed by atoms with Crippen LogP contribution in [0.1, 0.15) is 28.7 Å². The summed E-state index contributed by atoms with van der Waals surface area (Å²) in [5, 5.41) is 9.57. The van der Waals surface area contributed by atoms with Crippen molar-refractivity contribution in [2.24, 2.45) is 5.92 Å². The molecule has 3 rings (SSSR count). The first-order chi connectivity index (χ1) is 10.9. The fraction of sp³-hybridized carbons (Fsp3) is 0.533. The molecular weight excluding hydrogens is 318 g/mol. The van der Waals surface area contributed by atoms with E-state index in [-0.39, 0.29) is 12.3 Å². The molecule has 0 bridgehead atoms. The first-order valence-electron chi connectivity index (χ1n) is 7.40. The lowest BCUT2D eigenvalue weighted by Gasteiger charge is -2.27. The molecule has 1 N–H and O–H groups in total. The Morgan fingerprint density at radius 2 is 2.26 bits per heavy atom. The highest BCUT2D eigenvalue weighted by molar-refractivity contribution is 7.17. The van der Waals surface area contributed by atoms with Gasteiger partial charge in [0.05, 0.1) is 30.0 Å². The molecule has 3 heterocycles. The molecule has 124 valence electrons. The normalized spacial score (nSPS) is 21.5. The van der Waals surface area contributed by atoms with E-state index >= 15 is 0 Å². The molecular formula is C15H19N3O4S. The van der Waals surface area contributed by atoms with Gasteiger partial charge in [0, 0.05) is 31.1 Å². The fourth-order valence-electron chi connectivity index (χ4n) is 3.24. The Bertz CT molecular complexity index is 766. The van der Waals surface area contributed by atoms with E-state index < -0.39 is 17.9 Å². The van der Waals surface area contributed by atoms with Crippen LogP contribution in [-0.4, -0.2) is 51.5 Å². The summed E-state index contributed by atoms with van der Waals surface area (Å²) in [7, 11) is 1.56. The highest BCUT2D eigenvalue weighted by Gasteiger charge is 2.46. The Morgan fingerprint density at radius 3 is 2.91 bits per heavy atom. The topological polar surface area (TPSA) is 84.1 Å². The standard InChI is InChI=1S/C15H19N3O4S/c1-8-7-18-12(9(2)16-15(18)23-8)13-10(14(20)21)6-11(19)17(13)4-5-22-3/h7,10,13H,4-6H2,1-3H3,(H,20,21). The molecule has 2 aromatic heterocycles. The number of carboxylic acids is 1. The number of fused-ring (bicyclic) bond motifs is 1. The fourth-order valence-corrected chi connectivity index (χ4v) is 4.12. The van der Waals surface area contributed by atoms with Crippen molar-refractivity contribution in [3.05, 3.63) is 22.5 Å². The van der Waals surface area contributed by atoms with Crippen molar-refractivity contribution in [3.63, 3.8) is 0 Å². The van der Waals surface area contributed by atoms with Crippen LogP contribution in [0.5, 0.6) is 0 Å². The second kappa shape index (κ2) is 5.93. The zero-order valence-corrected chi connectivity index (χ0v) is 14.1. The Labute approximate surface area is 137 Å². The van der Waals surface area contributed by atoms with Crippen molar-refractivity contribution in [1.82, 2.24) is 14.3 Å². The average molecular weight is 337 g/mol. The molecule has 0 spiro atoms. The minimum Gasteiger partial charge on any atom is -0.481 e. The van der Waals surface area contributed by atoms with Gasteiger partial charge in [0.2, 0.25) is 5.91 Å². The van der Waals surface area contributed by atoms with Crippen LogP contribution >= 0.6 is 11.3 Å². The number of hydrogen-bond acceptors (Lipinski definition) is 5. The van der Waals surface area contributed by atoms with Crippen LogP contribution in [0.15, 0.2) is 6.20 Å². The molecule has 1 fully saturated rings. The van der Waals surface area contributed by atoms with Gasteiger partial charge in [-0.15, -0.1) is 11.3 Å². The highest BCUT2D eigenvalue weighted by Crippen LogP contribution is 2.40. The predicted molar refractivity (Wildman–Crippen MR) is 84.6 cm³/mol. The molecule has 2 atom stereocenters. The summed E-state index contributed by atoms with van der Waals surface area (Å²) < 4.78 is 7.00. The number of likely N-dealkylation sites (tertiary alicyclic amines) is 1. The summed E-state index contributed by atoms with van der Waals surface area (Å²) in [6.07, 6.45) is 1.96. The van der Waals surface area contributed by atoms with Crippen molar-refractivity contribution in [2.45, 2.75) is 26.3 Å². The molecule has 1 aliphatic rings. The number of thiazole rings is 1. The highest BCUT2D eigenvalue weighted by atomic mass is 32.1. The predicted octanol–water partition coefficient (Wildman–Crippen LogP) is 1.63. The van der Waals surface area contributed by atoms with Crippen molar-refractivity contribution in [3.8, 4) is 0 Å². The maximum atomic E-state index is 12.3. The van der Waals surface area contributed by atoms with Crippen molar-refractivity contribution in [2.75, 3.05) is 20.3 Å². The second-order valence-electron chi connectivity index (χ2n) is 5.75. The first-order valence-corrected chi connectivity index (χ1v) is 8.22. The van der Waals surface area contributed by atoms with Crippen LogP contribution in [0.3, 0.4) is 0 Å². The molecule has 23 heavy (non-hydrogen) atoms. The smallest absolute Gasteiger partial charge is 0.309 e. The van der Waals surface area contributed by atoms with E-state index in [0.29, 0.717) is 13.2 Å². The van der Waals surface area contributed by atoms with E-state index in [1.54, 1.807) is 23.3 Å². The summed E-state index contributed by atoms with van der Waals surface area (Å²) >= 11 is 1.55. The number of methoxy groups -OCH3 is 1. The van der Waals surface area contributed by atoms with E-state index in [9.17, 15) is 14.7 Å². The van der Waals surface area contributed by atoms with Gasteiger partial charge in [-0.1, -0.05) is 0 Å². The van der Waals surface area contributed by atoms with Gasteiger partial charge in [0.1, 0.15) is 0 Å². The zero-order valence-electron chi connectivity index (χ0n) is 13.3. The van der Waals surface area contributed by atoms with Gasteiger partial charge in [0.15, 0.2) is 4.96 Å². The zero-order chi connectivity index (χ0) is 16.7. The number of carbonyl (C=O) groups excluding carboxylic acids is 1. The Kier molecular flexibility index (Phi) is 4.11. The Hall–Kier alpha value is -1.93. The number of rotatable bonds is 5. The third kappa shape index (κ3) is 2.61. The third-order valence-corrected chi connectivity index (χ3v) is 5.13. The minimum atomic E-state index is -0.954. The van der Waals surface area contributed by atoms with Gasteiger partial charge in [0.25, 0.3) is 0 Å². The molecule has 8 heteroatoms. The number of imidazole rings is 1. The summed E-state index contributed by atoms with van der Waals surface area (Å²) in [5.74, 6) is -1.87. The first kappa shape index (κ1) is 15.9. The maximum absolute atomic E-state index is 12.3. The van der Waals surface area contributed by atoms with Crippen LogP contribution in [0, 0.1) is 19.8 Å². The van der Waals surface area contributed by atoms with E-state index in [1.165, 1.54) is 0 Å². The van der Waals surface area contributed by atoms with Gasteiger partial charge < -0.3 is 14.7 Å². The van der Waals surface area contributed by atoms with Crippen molar-refractivity contribution in [1.29, 1.82) is 0 Å². The quantitative estimate of drug-likeness (QED) is 0.896. The van der Waals surface area contributed by atoms with Crippen LogP contribution < -0.4 is 0 Å². The van der Waals surface area contributed by atoms with Gasteiger partial charge >= 0.3 is 5.97 Å². The number of carbonyl (C=O) groups is 2. The number of aryl methyl sites for hydroxylation is 2. The SMILES string of the molecule is COCCN1C(=O)CC(C(=O)O)C1c1c(C)nc2sc(C)cn12. The number of aromatic nitrogens is 2. The second-order valence-corrected chi connectivity index (χ2v) is 6.96. The third-order valence-electron chi connectivity index (χ3n) is 4.23. The summed E-state index contributed by atoms with van der Waals surface area (Å²) in [6, 6.07) is -0.515. The molecule has 0 radical (unpaired) electrons. The van der Waals surface area contributed by atoms with E-state index in [4.69, 9.17) is 4.74 Å². The average Bonchev–Trinajstić information content (AvgIpc) is 3.07. The van der Waals surface area contributed by atoms with Crippen molar-refractivity contribution >= 4 is 28.2 Å². The lowest BCUT2D eigenvalue weighted by molar-refractivity contribution is -0.142. The molecule has 2 unspecified atom stereocenters. The number of aliphatic carboxylic acids is 1. The van der Waals surface area contributed by atoms with Crippen LogP contribution in [0.4, 0.5) is 0 Å². The van der Waals surface area contributed by atoms with Crippen LogP contribution in [0.25, 0.3) is 4.96 Å². The molecule has 0 aliphatic carbocycles. The van der Waals surface area contributed by atoms with E-state index in [0.717, 1.165) is 21.2 Å². The summed E-state index contributed by atoms with van der Waals surface area (Å²) in [6.45, 7) is 4.59.